The van der Waals surface area contributed by atoms with Crippen LogP contribution in [0.2, 0.25) is 0 Å². The number of carbonyl (C=O) groups excluding carboxylic acids is 2. The molecule has 8 heteroatoms. The van der Waals surface area contributed by atoms with Crippen LogP contribution < -0.4 is 19.1 Å². The van der Waals surface area contributed by atoms with Crippen LogP contribution in [0, 0.1) is 0 Å². The molecule has 1 aromatic heterocycles. The summed E-state index contributed by atoms with van der Waals surface area (Å²) in [5.74, 6) is -0.326. The third kappa shape index (κ3) is 4.75. The third-order valence-electron chi connectivity index (χ3n) is 5.69. The Morgan fingerprint density at radius 1 is 0.917 bits per heavy atom. The van der Waals surface area contributed by atoms with Crippen LogP contribution in [0.1, 0.15) is 37.9 Å². The predicted molar refractivity (Wildman–Crippen MR) is 135 cm³/mol. The quantitative estimate of drug-likeness (QED) is 0.260. The maximum atomic E-state index is 13.4. The van der Waals surface area contributed by atoms with Crippen molar-refractivity contribution in [3.63, 3.8) is 0 Å². The molecule has 3 aromatic rings. The van der Waals surface area contributed by atoms with Gasteiger partial charge < -0.3 is 19.3 Å². The minimum atomic E-state index is -0.891. The molecule has 4 rings (SSSR count). The van der Waals surface area contributed by atoms with Gasteiger partial charge in [0.05, 0.1) is 37.0 Å². The number of pyridine rings is 1. The second-order valence-electron chi connectivity index (χ2n) is 7.91. The van der Waals surface area contributed by atoms with Crippen molar-refractivity contribution < 1.29 is 28.9 Å². The number of hydrogen-bond acceptors (Lipinski definition) is 7. The lowest BCUT2D eigenvalue weighted by Gasteiger charge is -2.25. The summed E-state index contributed by atoms with van der Waals surface area (Å²) in [6.45, 7) is 6.87. The largest absolute Gasteiger partial charge is 0.507 e. The van der Waals surface area contributed by atoms with Gasteiger partial charge in [0.1, 0.15) is 23.0 Å². The maximum Gasteiger partial charge on any atom is 0.300 e. The number of hydrogen-bond donors (Lipinski definition) is 1. The summed E-state index contributed by atoms with van der Waals surface area (Å²) >= 11 is 0. The van der Waals surface area contributed by atoms with Crippen molar-refractivity contribution in [1.82, 2.24) is 4.98 Å². The van der Waals surface area contributed by atoms with Crippen LogP contribution in [-0.2, 0) is 9.59 Å². The van der Waals surface area contributed by atoms with Gasteiger partial charge in [-0.2, -0.15) is 0 Å². The summed E-state index contributed by atoms with van der Waals surface area (Å²) in [7, 11) is 0. The van der Waals surface area contributed by atoms with Crippen LogP contribution in [0.25, 0.3) is 5.76 Å². The van der Waals surface area contributed by atoms with Crippen LogP contribution in [0.15, 0.2) is 72.6 Å². The molecule has 2 aromatic carbocycles. The maximum absolute atomic E-state index is 13.4. The number of aromatic nitrogens is 1. The van der Waals surface area contributed by atoms with Crippen LogP contribution >= 0.6 is 0 Å². The fourth-order valence-electron chi connectivity index (χ4n) is 4.20. The van der Waals surface area contributed by atoms with Crippen molar-refractivity contribution in [1.29, 1.82) is 0 Å². The second kappa shape index (κ2) is 10.9. The van der Waals surface area contributed by atoms with Crippen molar-refractivity contribution in [2.24, 2.45) is 0 Å². The molecule has 1 aliphatic rings. The topological polar surface area (TPSA) is 98.2 Å². The standard InChI is InChI=1S/C28H28N2O6/c1-4-34-20-11-9-19(10-12-20)30-25(18-8-7-15-29-17-18)24(27(32)28(30)33)26(31)22-14-13-21(35-5-2)16-23(22)36-6-3/h7-17,25,31H,4-6H2,1-3H3/b26-24-. The molecule has 0 radical (unpaired) electrons. The molecule has 1 amide bonds. The Morgan fingerprint density at radius 2 is 1.58 bits per heavy atom. The highest BCUT2D eigenvalue weighted by Gasteiger charge is 2.47. The fraction of sp³-hybridized carbons (Fsp3) is 0.250. The van der Waals surface area contributed by atoms with E-state index in [0.29, 0.717) is 53.9 Å². The number of rotatable bonds is 9. The van der Waals surface area contributed by atoms with E-state index in [4.69, 9.17) is 14.2 Å². The highest BCUT2D eigenvalue weighted by atomic mass is 16.5. The third-order valence-corrected chi connectivity index (χ3v) is 5.69. The van der Waals surface area contributed by atoms with E-state index in [2.05, 4.69) is 4.98 Å². The lowest BCUT2D eigenvalue weighted by atomic mass is 9.95. The van der Waals surface area contributed by atoms with E-state index in [0.717, 1.165) is 0 Å². The van der Waals surface area contributed by atoms with E-state index in [9.17, 15) is 14.7 Å². The Bertz CT molecular complexity index is 1270. The molecule has 0 bridgehead atoms. The van der Waals surface area contributed by atoms with E-state index < -0.39 is 17.7 Å². The number of anilines is 1. The number of benzene rings is 2. The lowest BCUT2D eigenvalue weighted by Crippen LogP contribution is -2.29. The molecular weight excluding hydrogens is 460 g/mol. The second-order valence-corrected chi connectivity index (χ2v) is 7.91. The average Bonchev–Trinajstić information content (AvgIpc) is 3.16. The average molecular weight is 489 g/mol. The molecule has 36 heavy (non-hydrogen) atoms. The highest BCUT2D eigenvalue weighted by molar-refractivity contribution is 6.51. The van der Waals surface area contributed by atoms with E-state index in [1.54, 1.807) is 67.0 Å². The van der Waals surface area contributed by atoms with E-state index in [-0.39, 0.29) is 11.3 Å². The van der Waals surface area contributed by atoms with E-state index in [1.807, 2.05) is 20.8 Å². The monoisotopic (exact) mass is 488 g/mol. The van der Waals surface area contributed by atoms with Gasteiger partial charge in [-0.1, -0.05) is 6.07 Å². The zero-order valence-electron chi connectivity index (χ0n) is 20.4. The molecule has 0 aliphatic carbocycles. The molecule has 1 aliphatic heterocycles. The number of ether oxygens (including phenoxy) is 3. The number of amides is 1. The van der Waals surface area contributed by atoms with Gasteiger partial charge in [-0.05, 0) is 68.8 Å². The van der Waals surface area contributed by atoms with Gasteiger partial charge in [0.25, 0.3) is 11.7 Å². The van der Waals surface area contributed by atoms with Gasteiger partial charge >= 0.3 is 0 Å². The number of Topliss-reactive ketones (excluding diaryl/α,β-unsaturated/α-hetero) is 1. The molecule has 0 spiro atoms. The summed E-state index contributed by atoms with van der Waals surface area (Å²) in [6.07, 6.45) is 3.18. The molecule has 1 unspecified atom stereocenters. The molecular formula is C28H28N2O6. The fourth-order valence-corrected chi connectivity index (χ4v) is 4.20. The predicted octanol–water partition coefficient (Wildman–Crippen LogP) is 4.90. The Kier molecular flexibility index (Phi) is 7.53. The lowest BCUT2D eigenvalue weighted by molar-refractivity contribution is -0.132. The van der Waals surface area contributed by atoms with Gasteiger partial charge in [-0.15, -0.1) is 0 Å². The van der Waals surface area contributed by atoms with Crippen LogP contribution in [-0.4, -0.2) is 41.6 Å². The Hall–Kier alpha value is -4.33. The summed E-state index contributed by atoms with van der Waals surface area (Å²) in [4.78, 5) is 32.2. The number of aliphatic hydroxyl groups excluding tert-OH is 1. The zero-order chi connectivity index (χ0) is 25.7. The molecule has 1 N–H and O–H groups in total. The van der Waals surface area contributed by atoms with Gasteiger partial charge in [0.2, 0.25) is 0 Å². The van der Waals surface area contributed by atoms with E-state index in [1.165, 1.54) is 4.90 Å². The van der Waals surface area contributed by atoms with Crippen LogP contribution in [0.5, 0.6) is 17.2 Å². The minimum Gasteiger partial charge on any atom is -0.507 e. The summed E-state index contributed by atoms with van der Waals surface area (Å²) < 4.78 is 16.8. The molecule has 1 atom stereocenters. The van der Waals surface area contributed by atoms with Crippen molar-refractivity contribution >= 4 is 23.1 Å². The highest BCUT2D eigenvalue weighted by Crippen LogP contribution is 2.43. The first-order valence-electron chi connectivity index (χ1n) is 11.8. The van der Waals surface area contributed by atoms with Gasteiger partial charge in [0.15, 0.2) is 0 Å². The van der Waals surface area contributed by atoms with Gasteiger partial charge in [0, 0.05) is 24.1 Å². The molecule has 186 valence electrons. The van der Waals surface area contributed by atoms with E-state index >= 15 is 0 Å². The number of nitrogens with zero attached hydrogens (tertiary/aromatic N) is 2. The number of carbonyl (C=O) groups is 2. The normalized spacial score (nSPS) is 16.8. The number of ketones is 1. The van der Waals surface area contributed by atoms with Gasteiger partial charge in [-0.3, -0.25) is 19.5 Å². The minimum absolute atomic E-state index is 0.0491. The summed E-state index contributed by atoms with van der Waals surface area (Å²) in [5.41, 5.74) is 1.31. The SMILES string of the molecule is CCOc1ccc(N2C(=O)C(=O)/C(=C(\O)c3ccc(OCC)cc3OCC)C2c2cccnc2)cc1. The zero-order valence-corrected chi connectivity index (χ0v) is 20.4. The summed E-state index contributed by atoms with van der Waals surface area (Å²) in [5, 5.41) is 11.5. The Morgan fingerprint density at radius 3 is 2.22 bits per heavy atom. The molecule has 8 nitrogen and oxygen atoms in total. The molecule has 2 heterocycles. The number of aliphatic hydroxyl groups is 1. The first kappa shape index (κ1) is 24.8. The first-order chi connectivity index (χ1) is 17.5. The van der Waals surface area contributed by atoms with Crippen molar-refractivity contribution in [3.05, 3.63) is 83.7 Å². The van der Waals surface area contributed by atoms with Crippen LogP contribution in [0.4, 0.5) is 5.69 Å². The van der Waals surface area contributed by atoms with Crippen molar-refractivity contribution in [2.45, 2.75) is 26.8 Å². The van der Waals surface area contributed by atoms with Crippen molar-refractivity contribution in [3.8, 4) is 17.2 Å². The van der Waals surface area contributed by atoms with Crippen molar-refractivity contribution in [2.75, 3.05) is 24.7 Å². The van der Waals surface area contributed by atoms with Crippen LogP contribution in [0.3, 0.4) is 0 Å². The smallest absolute Gasteiger partial charge is 0.300 e. The Balaban J connectivity index is 1.88. The molecule has 1 saturated heterocycles. The molecule has 1 fully saturated rings. The van der Waals surface area contributed by atoms with Gasteiger partial charge in [-0.25, -0.2) is 0 Å². The Labute approximate surface area is 209 Å². The first-order valence-corrected chi connectivity index (χ1v) is 11.8. The molecule has 0 saturated carbocycles. The summed E-state index contributed by atoms with van der Waals surface area (Å²) in [6, 6.07) is 14.4.